The number of aromatic nitrogens is 1. The van der Waals surface area contributed by atoms with Crippen molar-refractivity contribution in [1.82, 2.24) is 29.7 Å². The molecule has 1 aromatic heterocycles. The number of hydrogen-bond acceptors (Lipinski definition) is 9. The van der Waals surface area contributed by atoms with E-state index in [4.69, 9.17) is 4.74 Å². The summed E-state index contributed by atoms with van der Waals surface area (Å²) < 4.78 is 34.2. The van der Waals surface area contributed by atoms with Crippen molar-refractivity contribution in [1.29, 1.82) is 0 Å². The third kappa shape index (κ3) is 10.0. The van der Waals surface area contributed by atoms with Crippen LogP contribution < -0.4 is 15.4 Å². The lowest BCUT2D eigenvalue weighted by Crippen LogP contribution is -2.57. The molecule has 0 saturated carbocycles. The van der Waals surface area contributed by atoms with Crippen molar-refractivity contribution in [3.05, 3.63) is 76.2 Å². The summed E-state index contributed by atoms with van der Waals surface area (Å²) in [4.78, 5) is 35.7. The van der Waals surface area contributed by atoms with Crippen LogP contribution in [0.5, 0.6) is 5.75 Å². The van der Waals surface area contributed by atoms with E-state index in [0.717, 1.165) is 16.3 Å². The zero-order chi connectivity index (χ0) is 35.7. The van der Waals surface area contributed by atoms with Crippen LogP contribution in [0, 0.1) is 11.8 Å². The minimum Gasteiger partial charge on any atom is -0.497 e. The number of carbonyl (C=O) groups excluding carboxylic acids is 2. The molecular weight excluding hydrogens is 665 g/mol. The highest BCUT2D eigenvalue weighted by atomic mass is 32.2. The van der Waals surface area contributed by atoms with Crippen molar-refractivity contribution in [2.45, 2.75) is 70.3 Å². The van der Waals surface area contributed by atoms with Gasteiger partial charge in [0.15, 0.2) is 0 Å². The Morgan fingerprint density at radius 3 is 2.37 bits per heavy atom. The van der Waals surface area contributed by atoms with Crippen LogP contribution in [0.4, 0.5) is 4.79 Å². The van der Waals surface area contributed by atoms with Crippen molar-refractivity contribution >= 4 is 33.3 Å². The van der Waals surface area contributed by atoms with Crippen molar-refractivity contribution in [3.8, 4) is 5.75 Å². The molecule has 1 fully saturated rings. The Bertz CT molecular complexity index is 1620. The van der Waals surface area contributed by atoms with E-state index >= 15 is 0 Å². The summed E-state index contributed by atoms with van der Waals surface area (Å²) in [6, 6.07) is 13.7. The number of rotatable bonds is 18. The Labute approximate surface area is 294 Å². The molecule has 2 aromatic carbocycles. The molecule has 49 heavy (non-hydrogen) atoms. The topological polar surface area (TPSA) is 144 Å². The van der Waals surface area contributed by atoms with Gasteiger partial charge >= 0.3 is 6.03 Å². The Hall–Kier alpha value is -3.56. The smallest absolute Gasteiger partial charge is 0.321 e. The molecule has 268 valence electrons. The van der Waals surface area contributed by atoms with E-state index in [1.807, 2.05) is 70.5 Å². The number of aliphatic hydroxyl groups is 1. The van der Waals surface area contributed by atoms with Crippen LogP contribution in [0.15, 0.2) is 64.9 Å². The van der Waals surface area contributed by atoms with Gasteiger partial charge in [-0.25, -0.2) is 18.2 Å². The average Bonchev–Trinajstić information content (AvgIpc) is 3.66. The van der Waals surface area contributed by atoms with Crippen LogP contribution in [0.1, 0.15) is 44.0 Å². The van der Waals surface area contributed by atoms with Gasteiger partial charge in [-0.15, -0.1) is 11.3 Å². The third-order valence-electron chi connectivity index (χ3n) is 8.39. The first-order valence-electron chi connectivity index (χ1n) is 16.6. The van der Waals surface area contributed by atoms with E-state index in [2.05, 4.69) is 15.6 Å². The van der Waals surface area contributed by atoms with E-state index in [-0.39, 0.29) is 42.3 Å². The van der Waals surface area contributed by atoms with E-state index in [1.165, 1.54) is 34.9 Å². The second kappa shape index (κ2) is 17.4. The maximum atomic E-state index is 14.1. The molecule has 3 aromatic rings. The zero-order valence-electron chi connectivity index (χ0n) is 29.2. The zero-order valence-corrected chi connectivity index (χ0v) is 30.8. The predicted molar refractivity (Wildman–Crippen MR) is 191 cm³/mol. The first kappa shape index (κ1) is 38.2. The molecule has 3 amide bonds. The maximum Gasteiger partial charge on any atom is 0.321 e. The molecular formula is C35H50N6O6S2. The molecule has 3 N–H and O–H groups in total. The molecule has 0 aliphatic carbocycles. The standard InChI is InChI=1S/C35H50N6O6S2/c1-24(2)20-40(49(45,46)29-14-12-28(47-6)13-15-29)22-31(42)30(18-26-10-8-7-9-11-26)38-34(43)33(25(3)4)41-17-16-39(35(41)44)21-27-23-48-32(37-27)19-36-5/h7-15,23-25,30-31,33,36,42H,16-22H2,1-6H3,(H,38,43)/t30-,31+,33?/m0/s1. The monoisotopic (exact) mass is 714 g/mol. The largest absolute Gasteiger partial charge is 0.497 e. The van der Waals surface area contributed by atoms with Gasteiger partial charge in [-0.3, -0.25) is 4.79 Å². The summed E-state index contributed by atoms with van der Waals surface area (Å²) >= 11 is 1.54. The number of carbonyl (C=O) groups is 2. The van der Waals surface area contributed by atoms with Gasteiger partial charge in [0.25, 0.3) is 0 Å². The van der Waals surface area contributed by atoms with Crippen molar-refractivity contribution < 1.29 is 27.9 Å². The van der Waals surface area contributed by atoms with Crippen LogP contribution in [0.3, 0.4) is 0 Å². The number of nitrogens with zero attached hydrogens (tertiary/aromatic N) is 4. The van der Waals surface area contributed by atoms with Crippen molar-refractivity contribution in [2.75, 3.05) is 40.3 Å². The molecule has 2 heterocycles. The molecule has 4 rings (SSSR count). The summed E-state index contributed by atoms with van der Waals surface area (Å²) in [6.07, 6.45) is -0.999. The number of aliphatic hydroxyl groups excluding tert-OH is 1. The van der Waals surface area contributed by atoms with Crippen molar-refractivity contribution in [2.24, 2.45) is 11.8 Å². The van der Waals surface area contributed by atoms with Gasteiger partial charge in [0.05, 0.1) is 36.4 Å². The molecule has 1 saturated heterocycles. The fourth-order valence-corrected chi connectivity index (χ4v) is 8.41. The number of urea groups is 1. The number of ether oxygens (including phenoxy) is 1. The predicted octanol–water partition coefficient (Wildman–Crippen LogP) is 3.57. The van der Waals surface area contributed by atoms with Gasteiger partial charge in [-0.2, -0.15) is 4.31 Å². The third-order valence-corrected chi connectivity index (χ3v) is 11.1. The molecule has 1 unspecified atom stereocenters. The second-order valence-corrected chi connectivity index (χ2v) is 16.0. The van der Waals surface area contributed by atoms with Gasteiger partial charge in [-0.05, 0) is 55.1 Å². The van der Waals surface area contributed by atoms with E-state index in [9.17, 15) is 23.1 Å². The normalized spacial score (nSPS) is 15.7. The molecule has 12 nitrogen and oxygen atoms in total. The van der Waals surface area contributed by atoms with E-state index < -0.39 is 34.1 Å². The highest BCUT2D eigenvalue weighted by Gasteiger charge is 2.40. The molecule has 3 atom stereocenters. The van der Waals surface area contributed by atoms with Crippen LogP contribution in [0.25, 0.3) is 0 Å². The Morgan fingerprint density at radius 2 is 1.76 bits per heavy atom. The molecule has 14 heteroatoms. The lowest BCUT2D eigenvalue weighted by Gasteiger charge is -2.34. The summed E-state index contributed by atoms with van der Waals surface area (Å²) in [5.41, 5.74) is 1.67. The summed E-state index contributed by atoms with van der Waals surface area (Å²) in [5, 5.41) is 20.7. The molecule has 1 aliphatic heterocycles. The van der Waals surface area contributed by atoms with E-state index in [0.29, 0.717) is 31.9 Å². The minimum absolute atomic E-state index is 0.0315. The number of benzene rings is 2. The van der Waals surface area contributed by atoms with Crippen LogP contribution in [-0.4, -0.2) is 103 Å². The van der Waals surface area contributed by atoms with Gasteiger partial charge in [0, 0.05) is 38.1 Å². The maximum absolute atomic E-state index is 14.1. The quantitative estimate of drug-likeness (QED) is 0.182. The Morgan fingerprint density at radius 1 is 1.06 bits per heavy atom. The summed E-state index contributed by atoms with van der Waals surface area (Å²) in [7, 11) is -0.631. The Kier molecular flexibility index (Phi) is 13.6. The first-order valence-corrected chi connectivity index (χ1v) is 19.0. The molecule has 0 spiro atoms. The van der Waals surface area contributed by atoms with Gasteiger partial charge < -0.3 is 30.3 Å². The first-order chi connectivity index (χ1) is 23.3. The number of nitrogens with one attached hydrogen (secondary N) is 2. The Balaban J connectivity index is 1.55. The van der Waals surface area contributed by atoms with Gasteiger partial charge in [0.1, 0.15) is 16.8 Å². The van der Waals surface area contributed by atoms with Crippen molar-refractivity contribution in [3.63, 3.8) is 0 Å². The molecule has 1 aliphatic rings. The van der Waals surface area contributed by atoms with Crippen LogP contribution in [-0.2, 0) is 34.3 Å². The number of thiazole rings is 1. The fraction of sp³-hybridized carbons (Fsp3) is 0.514. The number of hydrogen-bond donors (Lipinski definition) is 3. The minimum atomic E-state index is -4.00. The van der Waals surface area contributed by atoms with Gasteiger partial charge in [-0.1, -0.05) is 58.0 Å². The van der Waals surface area contributed by atoms with Crippen LogP contribution >= 0.6 is 11.3 Å². The average molecular weight is 715 g/mol. The number of methoxy groups -OCH3 is 1. The molecule has 0 bridgehead atoms. The fourth-order valence-electron chi connectivity index (χ4n) is 5.99. The second-order valence-electron chi connectivity index (χ2n) is 13.1. The highest BCUT2D eigenvalue weighted by molar-refractivity contribution is 7.89. The highest BCUT2D eigenvalue weighted by Crippen LogP contribution is 2.24. The number of sulfonamides is 1. The molecule has 0 radical (unpaired) electrons. The van der Waals surface area contributed by atoms with Gasteiger partial charge in [0.2, 0.25) is 15.9 Å². The SMILES string of the molecule is CNCc1nc(CN2CCN(C(C(=O)N[C@@H](Cc3ccccc3)[C@H](O)CN(CC(C)C)S(=O)(=O)c3ccc(OC)cc3)C(C)C)C2=O)cs1. The van der Waals surface area contributed by atoms with E-state index in [1.54, 1.807) is 21.9 Å². The lowest BCUT2D eigenvalue weighted by molar-refractivity contribution is -0.128. The lowest BCUT2D eigenvalue weighted by atomic mass is 9.97. The summed E-state index contributed by atoms with van der Waals surface area (Å²) in [6.45, 7) is 9.35. The summed E-state index contributed by atoms with van der Waals surface area (Å²) in [5.74, 6) is -0.131. The van der Waals surface area contributed by atoms with Crippen LogP contribution in [0.2, 0.25) is 0 Å². The number of amides is 3.